The lowest BCUT2D eigenvalue weighted by atomic mass is 9.74. The van der Waals surface area contributed by atoms with Crippen molar-refractivity contribution < 1.29 is 0 Å². The van der Waals surface area contributed by atoms with Gasteiger partial charge in [-0.05, 0) is 40.7 Å². The Kier molecular flexibility index (Phi) is 4.03. The average Bonchev–Trinajstić information content (AvgIpc) is 3.25. The van der Waals surface area contributed by atoms with Gasteiger partial charge in [0.05, 0.1) is 11.6 Å². The summed E-state index contributed by atoms with van der Waals surface area (Å²) in [6, 6.07) is 19.0. The van der Waals surface area contributed by atoms with Crippen molar-refractivity contribution in [2.75, 3.05) is 11.9 Å². The number of rotatable bonds is 4. The van der Waals surface area contributed by atoms with E-state index in [9.17, 15) is 5.26 Å². The zero-order valence-electron chi connectivity index (χ0n) is 14.1. The number of fused-ring (bicyclic) bond motifs is 1. The van der Waals surface area contributed by atoms with Crippen LogP contribution in [0.15, 0.2) is 60.1 Å². The van der Waals surface area contributed by atoms with E-state index in [-0.39, 0.29) is 11.3 Å². The zero-order chi connectivity index (χ0) is 17.3. The van der Waals surface area contributed by atoms with Crippen LogP contribution in [0.4, 0.5) is 5.13 Å². The summed E-state index contributed by atoms with van der Waals surface area (Å²) in [6.07, 6.45) is 2.82. The summed E-state index contributed by atoms with van der Waals surface area (Å²) in [7, 11) is 0. The summed E-state index contributed by atoms with van der Waals surface area (Å²) in [5.41, 5.74) is 4.70. The minimum Gasteiger partial charge on any atom is -0.361 e. The maximum absolute atomic E-state index is 9.31. The predicted octanol–water partition coefficient (Wildman–Crippen LogP) is 4.82. The van der Waals surface area contributed by atoms with Crippen molar-refractivity contribution in [2.45, 2.75) is 19.3 Å². The maximum atomic E-state index is 9.31. The van der Waals surface area contributed by atoms with Gasteiger partial charge in [-0.2, -0.15) is 5.26 Å². The molecule has 0 saturated carbocycles. The SMILES string of the molecule is C[C@@]1(CNc2nccs2)Cc2ccc(C#N)cc2[C@@H]1c1ccccc1. The quantitative estimate of drug-likeness (QED) is 0.737. The fourth-order valence-corrected chi connectivity index (χ4v) is 4.51. The lowest BCUT2D eigenvalue weighted by Gasteiger charge is -2.33. The smallest absolute Gasteiger partial charge is 0.182 e. The largest absolute Gasteiger partial charge is 0.361 e. The Hall–Kier alpha value is -2.64. The summed E-state index contributed by atoms with van der Waals surface area (Å²) in [5.74, 6) is 0.268. The highest BCUT2D eigenvalue weighted by molar-refractivity contribution is 7.13. The summed E-state index contributed by atoms with van der Waals surface area (Å²) in [5, 5.41) is 15.8. The number of thiazole rings is 1. The molecule has 1 aliphatic carbocycles. The van der Waals surface area contributed by atoms with Crippen LogP contribution in [-0.4, -0.2) is 11.5 Å². The Balaban J connectivity index is 1.74. The molecule has 4 heteroatoms. The summed E-state index contributed by atoms with van der Waals surface area (Å²) < 4.78 is 0. The molecule has 0 radical (unpaired) electrons. The minimum atomic E-state index is 0.0312. The van der Waals surface area contributed by atoms with E-state index in [2.05, 4.69) is 65.8 Å². The van der Waals surface area contributed by atoms with Gasteiger partial charge in [0, 0.05) is 24.0 Å². The standard InChI is InChI=1S/C21H19N3S/c1-21(14-24-20-23-9-10-25-20)12-17-8-7-15(13-22)11-18(17)19(21)16-5-3-2-4-6-16/h2-11,19H,12,14H2,1H3,(H,23,24)/t19-,21-/m0/s1. The van der Waals surface area contributed by atoms with Gasteiger partial charge in [0.2, 0.25) is 0 Å². The number of aromatic nitrogens is 1. The molecule has 25 heavy (non-hydrogen) atoms. The van der Waals surface area contributed by atoms with E-state index in [0.29, 0.717) is 0 Å². The number of nitriles is 1. The Morgan fingerprint density at radius 1 is 1.28 bits per heavy atom. The third-order valence-electron chi connectivity index (χ3n) is 5.09. The lowest BCUT2D eigenvalue weighted by Crippen LogP contribution is -2.31. The van der Waals surface area contributed by atoms with Crippen LogP contribution in [0.5, 0.6) is 0 Å². The molecule has 0 bridgehead atoms. The number of benzene rings is 2. The minimum absolute atomic E-state index is 0.0312. The normalized spacial score (nSPS) is 21.5. The first-order valence-corrected chi connectivity index (χ1v) is 9.29. The molecule has 0 aliphatic heterocycles. The monoisotopic (exact) mass is 345 g/mol. The van der Waals surface area contributed by atoms with Crippen LogP contribution in [0, 0.1) is 16.7 Å². The van der Waals surface area contributed by atoms with Crippen LogP contribution in [0.2, 0.25) is 0 Å². The van der Waals surface area contributed by atoms with E-state index < -0.39 is 0 Å². The molecule has 3 aromatic rings. The van der Waals surface area contributed by atoms with E-state index in [1.54, 1.807) is 11.3 Å². The van der Waals surface area contributed by atoms with E-state index in [4.69, 9.17) is 0 Å². The molecule has 124 valence electrons. The van der Waals surface area contributed by atoms with Gasteiger partial charge in [0.25, 0.3) is 0 Å². The summed E-state index contributed by atoms with van der Waals surface area (Å²) >= 11 is 1.63. The highest BCUT2D eigenvalue weighted by Gasteiger charge is 2.43. The number of hydrogen-bond donors (Lipinski definition) is 1. The van der Waals surface area contributed by atoms with Crippen molar-refractivity contribution in [3.8, 4) is 6.07 Å². The molecule has 0 amide bonds. The van der Waals surface area contributed by atoms with Crippen LogP contribution in [0.3, 0.4) is 0 Å². The molecule has 0 unspecified atom stereocenters. The summed E-state index contributed by atoms with van der Waals surface area (Å²) in [6.45, 7) is 3.17. The molecule has 1 aliphatic rings. The molecular formula is C21H19N3S. The predicted molar refractivity (Wildman–Crippen MR) is 102 cm³/mol. The Labute approximate surface area is 152 Å². The average molecular weight is 345 g/mol. The molecule has 2 aromatic carbocycles. The van der Waals surface area contributed by atoms with E-state index in [1.165, 1.54) is 16.7 Å². The van der Waals surface area contributed by atoms with Gasteiger partial charge in [0.1, 0.15) is 0 Å². The molecule has 1 aromatic heterocycles. The van der Waals surface area contributed by atoms with Gasteiger partial charge in [-0.15, -0.1) is 11.3 Å². The highest BCUT2D eigenvalue weighted by atomic mass is 32.1. The number of nitrogens with zero attached hydrogens (tertiary/aromatic N) is 2. The van der Waals surface area contributed by atoms with Gasteiger partial charge in [0.15, 0.2) is 5.13 Å². The molecule has 0 saturated heterocycles. The Morgan fingerprint density at radius 2 is 2.12 bits per heavy atom. The second-order valence-corrected chi connectivity index (χ2v) is 7.79. The van der Waals surface area contributed by atoms with Gasteiger partial charge >= 0.3 is 0 Å². The van der Waals surface area contributed by atoms with Gasteiger partial charge < -0.3 is 5.32 Å². The fourth-order valence-electron chi connectivity index (χ4n) is 3.99. The molecule has 1 heterocycles. The molecule has 2 atom stereocenters. The van der Waals surface area contributed by atoms with Crippen LogP contribution in [-0.2, 0) is 6.42 Å². The molecule has 1 N–H and O–H groups in total. The van der Waals surface area contributed by atoms with E-state index >= 15 is 0 Å². The fraction of sp³-hybridized carbons (Fsp3) is 0.238. The van der Waals surface area contributed by atoms with Gasteiger partial charge in [-0.25, -0.2) is 4.98 Å². The first-order chi connectivity index (χ1) is 12.2. The van der Waals surface area contributed by atoms with E-state index in [0.717, 1.165) is 23.7 Å². The Bertz CT molecular complexity index is 912. The first-order valence-electron chi connectivity index (χ1n) is 8.41. The van der Waals surface area contributed by atoms with Crippen LogP contribution >= 0.6 is 11.3 Å². The van der Waals surface area contributed by atoms with Crippen molar-refractivity contribution in [3.63, 3.8) is 0 Å². The van der Waals surface area contributed by atoms with Crippen LogP contribution in [0.25, 0.3) is 0 Å². The highest BCUT2D eigenvalue weighted by Crippen LogP contribution is 2.50. The number of nitrogens with one attached hydrogen (secondary N) is 1. The van der Waals surface area contributed by atoms with Gasteiger partial charge in [-0.3, -0.25) is 0 Å². The van der Waals surface area contributed by atoms with Crippen molar-refractivity contribution in [3.05, 3.63) is 82.4 Å². The molecule has 4 rings (SSSR count). The lowest BCUT2D eigenvalue weighted by molar-refractivity contribution is 0.329. The third kappa shape index (κ3) is 2.92. The van der Waals surface area contributed by atoms with Crippen molar-refractivity contribution >= 4 is 16.5 Å². The van der Waals surface area contributed by atoms with Crippen molar-refractivity contribution in [2.24, 2.45) is 5.41 Å². The third-order valence-corrected chi connectivity index (χ3v) is 5.82. The van der Waals surface area contributed by atoms with Crippen molar-refractivity contribution in [1.29, 1.82) is 5.26 Å². The topological polar surface area (TPSA) is 48.7 Å². The maximum Gasteiger partial charge on any atom is 0.182 e. The van der Waals surface area contributed by atoms with Crippen molar-refractivity contribution in [1.82, 2.24) is 4.98 Å². The summed E-state index contributed by atoms with van der Waals surface area (Å²) in [4.78, 5) is 4.35. The second kappa shape index (κ2) is 6.34. The van der Waals surface area contributed by atoms with E-state index in [1.807, 2.05) is 17.6 Å². The molecule has 0 spiro atoms. The van der Waals surface area contributed by atoms with Crippen LogP contribution in [0.1, 0.15) is 35.1 Å². The van der Waals surface area contributed by atoms with Gasteiger partial charge in [-0.1, -0.05) is 43.3 Å². The molecule has 3 nitrogen and oxygen atoms in total. The number of anilines is 1. The Morgan fingerprint density at radius 3 is 2.84 bits per heavy atom. The van der Waals surface area contributed by atoms with Crippen LogP contribution < -0.4 is 5.32 Å². The first kappa shape index (κ1) is 15.9. The zero-order valence-corrected chi connectivity index (χ0v) is 14.9. The molecule has 0 fully saturated rings. The number of hydrogen-bond acceptors (Lipinski definition) is 4. The second-order valence-electron chi connectivity index (χ2n) is 6.89. The molecular weight excluding hydrogens is 326 g/mol.